The van der Waals surface area contributed by atoms with E-state index in [9.17, 15) is 13.6 Å². The Hall–Kier alpha value is -2.43. The molecule has 122 valence electrons. The monoisotopic (exact) mass is 318 g/mol. The van der Waals surface area contributed by atoms with Crippen LogP contribution in [0, 0.1) is 11.6 Å². The summed E-state index contributed by atoms with van der Waals surface area (Å²) in [6, 6.07) is 10.5. The van der Waals surface area contributed by atoms with E-state index in [1.807, 2.05) is 12.1 Å². The summed E-state index contributed by atoms with van der Waals surface area (Å²) in [7, 11) is 0. The maximum absolute atomic E-state index is 13.2. The van der Waals surface area contributed by atoms with Crippen LogP contribution in [0.2, 0.25) is 0 Å². The van der Waals surface area contributed by atoms with Gasteiger partial charge < -0.3 is 10.2 Å². The van der Waals surface area contributed by atoms with Crippen molar-refractivity contribution < 1.29 is 13.6 Å². The van der Waals surface area contributed by atoms with Gasteiger partial charge in [0.2, 0.25) is 0 Å². The van der Waals surface area contributed by atoms with Gasteiger partial charge in [0.05, 0.1) is 0 Å². The van der Waals surface area contributed by atoms with Gasteiger partial charge in [-0.1, -0.05) is 0 Å². The van der Waals surface area contributed by atoms with Crippen LogP contribution in [0.25, 0.3) is 0 Å². The Bertz CT molecular complexity index is 664. The zero-order valence-electron chi connectivity index (χ0n) is 13.4. The Kier molecular flexibility index (Phi) is 5.32. The lowest BCUT2D eigenvalue weighted by molar-refractivity contribution is 0.102. The zero-order valence-corrected chi connectivity index (χ0v) is 13.4. The molecule has 0 aliphatic heterocycles. The van der Waals surface area contributed by atoms with Crippen molar-refractivity contribution in [3.63, 3.8) is 0 Å². The summed E-state index contributed by atoms with van der Waals surface area (Å²) < 4.78 is 26.3. The van der Waals surface area contributed by atoms with Crippen LogP contribution >= 0.6 is 0 Å². The van der Waals surface area contributed by atoms with Crippen molar-refractivity contribution in [2.24, 2.45) is 0 Å². The fourth-order valence-corrected chi connectivity index (χ4v) is 2.47. The molecule has 0 unspecified atom stereocenters. The molecule has 0 radical (unpaired) electrons. The van der Waals surface area contributed by atoms with Crippen molar-refractivity contribution in [2.75, 3.05) is 16.8 Å². The third kappa shape index (κ3) is 4.28. The molecule has 2 aromatic carbocycles. The number of halogens is 2. The number of hydrogen-bond acceptors (Lipinski definition) is 2. The van der Waals surface area contributed by atoms with Crippen molar-refractivity contribution in [3.8, 4) is 0 Å². The Labute approximate surface area is 134 Å². The van der Waals surface area contributed by atoms with Crippen LogP contribution in [0.1, 0.15) is 31.1 Å². The van der Waals surface area contributed by atoms with Gasteiger partial charge in [-0.05, 0) is 57.2 Å². The minimum atomic E-state index is -0.777. The Morgan fingerprint density at radius 2 is 1.65 bits per heavy atom. The van der Waals surface area contributed by atoms with Gasteiger partial charge in [0.25, 0.3) is 5.91 Å². The molecule has 2 aromatic rings. The first-order chi connectivity index (χ1) is 10.9. The van der Waals surface area contributed by atoms with Gasteiger partial charge in [0.15, 0.2) is 0 Å². The third-order valence-electron chi connectivity index (χ3n) is 3.55. The van der Waals surface area contributed by atoms with Crippen LogP contribution in [-0.2, 0) is 0 Å². The lowest BCUT2D eigenvalue weighted by atomic mass is 10.2. The first-order valence-electron chi connectivity index (χ1n) is 7.55. The molecule has 0 heterocycles. The summed E-state index contributed by atoms with van der Waals surface area (Å²) in [5.41, 5.74) is 1.57. The molecule has 0 aliphatic carbocycles. The predicted octanol–water partition coefficient (Wildman–Crippen LogP) is 4.45. The second-order valence-corrected chi connectivity index (χ2v) is 5.54. The third-order valence-corrected chi connectivity index (χ3v) is 3.55. The molecule has 0 bridgehead atoms. The predicted molar refractivity (Wildman–Crippen MR) is 88.9 cm³/mol. The minimum absolute atomic E-state index is 0.0519. The van der Waals surface area contributed by atoms with E-state index in [1.165, 1.54) is 0 Å². The number of amides is 1. The summed E-state index contributed by atoms with van der Waals surface area (Å²) in [4.78, 5) is 14.3. The van der Waals surface area contributed by atoms with E-state index in [1.54, 1.807) is 12.1 Å². The lowest BCUT2D eigenvalue weighted by Crippen LogP contribution is -2.30. The van der Waals surface area contributed by atoms with E-state index in [0.29, 0.717) is 11.7 Å². The van der Waals surface area contributed by atoms with Crippen molar-refractivity contribution in [3.05, 3.63) is 59.7 Å². The molecule has 0 aromatic heterocycles. The minimum Gasteiger partial charge on any atom is -0.369 e. The molecule has 3 nitrogen and oxygen atoms in total. The second kappa shape index (κ2) is 7.22. The van der Waals surface area contributed by atoms with Gasteiger partial charge in [-0.2, -0.15) is 0 Å². The molecule has 5 heteroatoms. The topological polar surface area (TPSA) is 32.3 Å². The normalized spacial score (nSPS) is 10.7. The molecule has 0 spiro atoms. The molecule has 2 rings (SSSR count). The van der Waals surface area contributed by atoms with Crippen LogP contribution in [0.15, 0.2) is 42.5 Å². The van der Waals surface area contributed by atoms with E-state index < -0.39 is 17.5 Å². The molecule has 0 saturated heterocycles. The van der Waals surface area contributed by atoms with E-state index in [0.717, 1.165) is 30.4 Å². The van der Waals surface area contributed by atoms with Crippen molar-refractivity contribution in [2.45, 2.75) is 26.8 Å². The summed E-state index contributed by atoms with van der Waals surface area (Å²) in [5, 5.41) is 2.64. The zero-order chi connectivity index (χ0) is 17.0. The highest BCUT2D eigenvalue weighted by molar-refractivity contribution is 6.04. The fraction of sp³-hybridized carbons (Fsp3) is 0.278. The van der Waals surface area contributed by atoms with Crippen LogP contribution in [0.5, 0.6) is 0 Å². The van der Waals surface area contributed by atoms with E-state index in [4.69, 9.17) is 0 Å². The highest BCUT2D eigenvalue weighted by Crippen LogP contribution is 2.20. The number of benzene rings is 2. The highest BCUT2D eigenvalue weighted by atomic mass is 19.1. The summed E-state index contributed by atoms with van der Waals surface area (Å²) in [6.07, 6.45) is 0. The largest absolute Gasteiger partial charge is 0.369 e. The first-order valence-corrected chi connectivity index (χ1v) is 7.55. The average molecular weight is 318 g/mol. The van der Waals surface area contributed by atoms with Crippen molar-refractivity contribution in [1.82, 2.24) is 0 Å². The van der Waals surface area contributed by atoms with Crippen molar-refractivity contribution >= 4 is 17.3 Å². The summed E-state index contributed by atoms with van der Waals surface area (Å²) in [6.45, 7) is 7.18. The Morgan fingerprint density at radius 1 is 1.09 bits per heavy atom. The molecule has 0 atom stereocenters. The van der Waals surface area contributed by atoms with Gasteiger partial charge in [-0.25, -0.2) is 8.78 Å². The molecule has 23 heavy (non-hydrogen) atoms. The van der Waals surface area contributed by atoms with Gasteiger partial charge in [-0.15, -0.1) is 0 Å². The van der Waals surface area contributed by atoms with Crippen LogP contribution < -0.4 is 10.2 Å². The number of nitrogens with one attached hydrogen (secondary N) is 1. The molecular formula is C18H20F2N2O. The maximum Gasteiger partial charge on any atom is 0.255 e. The van der Waals surface area contributed by atoms with Gasteiger partial charge in [-0.3, -0.25) is 4.79 Å². The number of carbonyl (C=O) groups excluding carboxylic acids is 1. The van der Waals surface area contributed by atoms with E-state index in [2.05, 4.69) is 31.0 Å². The van der Waals surface area contributed by atoms with Gasteiger partial charge in [0, 0.05) is 35.6 Å². The SMILES string of the molecule is CCN(c1ccc(NC(=O)c2cc(F)cc(F)c2)cc1)C(C)C. The number of rotatable bonds is 5. The van der Waals surface area contributed by atoms with Gasteiger partial charge in [0.1, 0.15) is 11.6 Å². The van der Waals surface area contributed by atoms with E-state index >= 15 is 0 Å². The summed E-state index contributed by atoms with van der Waals surface area (Å²) in [5.74, 6) is -2.10. The smallest absolute Gasteiger partial charge is 0.255 e. The van der Waals surface area contributed by atoms with Gasteiger partial charge >= 0.3 is 0 Å². The molecule has 0 aliphatic rings. The molecule has 0 fully saturated rings. The number of carbonyl (C=O) groups is 1. The first kappa shape index (κ1) is 16.9. The average Bonchev–Trinajstić information content (AvgIpc) is 2.48. The number of hydrogen-bond donors (Lipinski definition) is 1. The van der Waals surface area contributed by atoms with Crippen molar-refractivity contribution in [1.29, 1.82) is 0 Å². The molecule has 1 N–H and O–H groups in total. The van der Waals surface area contributed by atoms with Crippen LogP contribution in [0.4, 0.5) is 20.2 Å². The fourth-order valence-electron chi connectivity index (χ4n) is 2.47. The molecular weight excluding hydrogens is 298 g/mol. The second-order valence-electron chi connectivity index (χ2n) is 5.54. The standard InChI is InChI=1S/C18H20F2N2O/c1-4-22(12(2)3)17-7-5-16(6-8-17)21-18(23)13-9-14(19)11-15(20)10-13/h5-12H,4H2,1-3H3,(H,21,23). The molecule has 1 amide bonds. The summed E-state index contributed by atoms with van der Waals surface area (Å²) >= 11 is 0. The quantitative estimate of drug-likeness (QED) is 0.883. The molecule has 0 saturated carbocycles. The number of nitrogens with zero attached hydrogens (tertiary/aromatic N) is 1. The highest BCUT2D eigenvalue weighted by Gasteiger charge is 2.11. The van der Waals surface area contributed by atoms with E-state index in [-0.39, 0.29) is 5.56 Å². The maximum atomic E-state index is 13.2. The number of anilines is 2. The Morgan fingerprint density at radius 3 is 2.13 bits per heavy atom. The van der Waals surface area contributed by atoms with Crippen LogP contribution in [0.3, 0.4) is 0 Å². The lowest BCUT2D eigenvalue weighted by Gasteiger charge is -2.27. The Balaban J connectivity index is 2.13. The van der Waals surface area contributed by atoms with Crippen LogP contribution in [-0.4, -0.2) is 18.5 Å².